The quantitative estimate of drug-likeness (QED) is 0.177. The minimum Gasteiger partial charge on any atom is -0.309 e. The summed E-state index contributed by atoms with van der Waals surface area (Å²) in [5.74, 6) is 0.180. The highest BCUT2D eigenvalue weighted by Gasteiger charge is 2.32. The van der Waals surface area contributed by atoms with Crippen molar-refractivity contribution in [2.75, 3.05) is 0 Å². The Kier molecular flexibility index (Phi) is 6.63. The maximum absolute atomic E-state index is 2.46. The summed E-state index contributed by atoms with van der Waals surface area (Å²) in [5.41, 5.74) is 17.8. The lowest BCUT2D eigenvalue weighted by atomic mass is 9.88. The molecule has 1 aliphatic carbocycles. The van der Waals surface area contributed by atoms with Crippen LogP contribution in [-0.4, -0.2) is 4.57 Å². The van der Waals surface area contributed by atoms with Crippen LogP contribution in [0.25, 0.3) is 72.0 Å². The summed E-state index contributed by atoms with van der Waals surface area (Å²) in [6, 6.07) is 71.0. The van der Waals surface area contributed by atoms with Gasteiger partial charge in [0.25, 0.3) is 0 Å². The van der Waals surface area contributed by atoms with Crippen LogP contribution in [0.5, 0.6) is 0 Å². The Morgan fingerprint density at radius 3 is 1.64 bits per heavy atom. The molecule has 1 nitrogen and oxygen atoms in total. The predicted molar refractivity (Wildman–Crippen MR) is 210 cm³/mol. The van der Waals surface area contributed by atoms with Crippen LogP contribution in [0.2, 0.25) is 0 Å². The van der Waals surface area contributed by atoms with Gasteiger partial charge in [0, 0.05) is 22.4 Å². The zero-order valence-corrected chi connectivity index (χ0v) is 27.5. The van der Waals surface area contributed by atoms with E-state index in [9.17, 15) is 0 Å². The molecule has 0 radical (unpaired) electrons. The Labute approximate surface area is 292 Å². The predicted octanol–water partition coefficient (Wildman–Crippen LogP) is 12.9. The molecular formula is C49H33N. The molecule has 1 heteroatoms. The molecule has 1 heterocycles. The van der Waals surface area contributed by atoms with Crippen LogP contribution in [0.3, 0.4) is 0 Å². The van der Waals surface area contributed by atoms with Crippen LogP contribution in [-0.2, 0) is 0 Å². The third-order valence-corrected chi connectivity index (χ3v) is 10.5. The van der Waals surface area contributed by atoms with Gasteiger partial charge >= 0.3 is 0 Å². The second kappa shape index (κ2) is 11.6. The molecule has 0 bridgehead atoms. The molecule has 10 rings (SSSR count). The van der Waals surface area contributed by atoms with Crippen LogP contribution in [0.4, 0.5) is 0 Å². The van der Waals surface area contributed by atoms with Crippen molar-refractivity contribution in [2.45, 2.75) is 5.92 Å². The second-order valence-electron chi connectivity index (χ2n) is 13.3. The summed E-state index contributed by atoms with van der Waals surface area (Å²) in [6.07, 6.45) is 0. The van der Waals surface area contributed by atoms with Gasteiger partial charge in [-0.15, -0.1) is 0 Å². The summed E-state index contributed by atoms with van der Waals surface area (Å²) >= 11 is 0. The lowest BCUT2D eigenvalue weighted by Crippen LogP contribution is -1.99. The van der Waals surface area contributed by atoms with Crippen LogP contribution >= 0.6 is 0 Å². The Morgan fingerprint density at radius 1 is 0.360 bits per heavy atom. The molecule has 1 aromatic heterocycles. The van der Waals surface area contributed by atoms with Crippen molar-refractivity contribution in [3.05, 3.63) is 211 Å². The Morgan fingerprint density at radius 2 is 0.920 bits per heavy atom. The van der Waals surface area contributed by atoms with Gasteiger partial charge in [-0.3, -0.25) is 0 Å². The first-order valence-electron chi connectivity index (χ1n) is 17.4. The highest BCUT2D eigenvalue weighted by atomic mass is 15.0. The minimum absolute atomic E-state index is 0.180. The highest BCUT2D eigenvalue weighted by molar-refractivity contribution is 6.17. The number of hydrogen-bond donors (Lipinski definition) is 0. The van der Waals surface area contributed by atoms with Gasteiger partial charge in [0.05, 0.1) is 11.0 Å². The molecule has 50 heavy (non-hydrogen) atoms. The molecule has 1 atom stereocenters. The molecule has 0 aliphatic heterocycles. The van der Waals surface area contributed by atoms with Crippen molar-refractivity contribution in [1.29, 1.82) is 0 Å². The summed E-state index contributed by atoms with van der Waals surface area (Å²) in [7, 11) is 0. The SMILES string of the molecule is c1ccc(-c2ccc(-c3cccc(-n4c5ccccc5c5c6c(ccc54)C(c4ccc(-c5ccccc5)cc4)c4ccccc4-6)c3)cc2)cc1. The number of hydrogen-bond acceptors (Lipinski definition) is 0. The fourth-order valence-electron chi connectivity index (χ4n) is 8.20. The lowest BCUT2D eigenvalue weighted by Gasteiger charge is -2.16. The molecule has 0 saturated heterocycles. The molecule has 234 valence electrons. The average molecular weight is 636 g/mol. The number of rotatable bonds is 5. The van der Waals surface area contributed by atoms with Crippen molar-refractivity contribution >= 4 is 21.8 Å². The fraction of sp³-hybridized carbons (Fsp3) is 0.0204. The normalized spacial score (nSPS) is 13.4. The van der Waals surface area contributed by atoms with Gasteiger partial charge in [0.15, 0.2) is 0 Å². The maximum atomic E-state index is 2.46. The topological polar surface area (TPSA) is 4.93 Å². The molecule has 8 aromatic carbocycles. The number of para-hydroxylation sites is 1. The molecule has 0 N–H and O–H groups in total. The molecule has 0 spiro atoms. The van der Waals surface area contributed by atoms with E-state index >= 15 is 0 Å². The van der Waals surface area contributed by atoms with Gasteiger partial charge in [-0.25, -0.2) is 0 Å². The van der Waals surface area contributed by atoms with E-state index in [1.807, 2.05) is 0 Å². The van der Waals surface area contributed by atoms with Gasteiger partial charge in [0.1, 0.15) is 0 Å². The van der Waals surface area contributed by atoms with E-state index in [1.54, 1.807) is 0 Å². The van der Waals surface area contributed by atoms with Crippen molar-refractivity contribution < 1.29 is 0 Å². The monoisotopic (exact) mass is 635 g/mol. The van der Waals surface area contributed by atoms with Crippen LogP contribution in [0, 0.1) is 0 Å². The van der Waals surface area contributed by atoms with E-state index in [-0.39, 0.29) is 5.92 Å². The van der Waals surface area contributed by atoms with Crippen LogP contribution in [0.1, 0.15) is 22.6 Å². The Hall–Kier alpha value is -6.44. The molecular weight excluding hydrogens is 603 g/mol. The zero-order valence-electron chi connectivity index (χ0n) is 27.5. The van der Waals surface area contributed by atoms with E-state index in [4.69, 9.17) is 0 Å². The molecule has 1 aliphatic rings. The third-order valence-electron chi connectivity index (χ3n) is 10.5. The summed E-state index contributed by atoms with van der Waals surface area (Å²) < 4.78 is 2.46. The molecule has 0 fully saturated rings. The summed E-state index contributed by atoms with van der Waals surface area (Å²) in [5, 5.41) is 2.61. The minimum atomic E-state index is 0.180. The largest absolute Gasteiger partial charge is 0.309 e. The van der Waals surface area contributed by atoms with Gasteiger partial charge in [0.2, 0.25) is 0 Å². The van der Waals surface area contributed by atoms with Crippen molar-refractivity contribution in [2.24, 2.45) is 0 Å². The van der Waals surface area contributed by atoms with Gasteiger partial charge in [-0.1, -0.05) is 170 Å². The van der Waals surface area contributed by atoms with Crippen LogP contribution < -0.4 is 0 Å². The van der Waals surface area contributed by atoms with Gasteiger partial charge < -0.3 is 4.57 Å². The summed E-state index contributed by atoms with van der Waals surface area (Å²) in [4.78, 5) is 0. The fourth-order valence-corrected chi connectivity index (χ4v) is 8.20. The second-order valence-corrected chi connectivity index (χ2v) is 13.3. The van der Waals surface area contributed by atoms with Gasteiger partial charge in [-0.05, 0) is 85.5 Å². The molecule has 0 amide bonds. The third kappa shape index (κ3) is 4.55. The Balaban J connectivity index is 1.12. The molecule has 0 saturated carbocycles. The standard InChI is InChI=1S/C49H33N/c1-3-12-33(13-4-1)35-22-24-37(25-23-35)39-16-11-17-40(32-39)50-45-21-10-9-20-43(45)49-46(50)31-30-44-47(41-18-7-8-19-42(41)48(44)49)38-28-26-36(27-29-38)34-14-5-2-6-15-34/h1-32,47H. The molecule has 1 unspecified atom stereocenters. The Bertz CT molecular complexity index is 2660. The number of aromatic nitrogens is 1. The van der Waals surface area contributed by atoms with Crippen LogP contribution in [0.15, 0.2) is 194 Å². The number of benzene rings is 8. The lowest BCUT2D eigenvalue weighted by molar-refractivity contribution is 1.02. The van der Waals surface area contributed by atoms with E-state index in [0.717, 1.165) is 0 Å². The first-order chi connectivity index (χ1) is 24.8. The van der Waals surface area contributed by atoms with Crippen molar-refractivity contribution in [3.8, 4) is 50.2 Å². The number of fused-ring (bicyclic) bond motifs is 7. The van der Waals surface area contributed by atoms with E-state index in [1.165, 1.54) is 88.7 Å². The highest BCUT2D eigenvalue weighted by Crippen LogP contribution is 2.52. The van der Waals surface area contributed by atoms with E-state index < -0.39 is 0 Å². The average Bonchev–Trinajstić information content (AvgIpc) is 3.72. The number of nitrogens with zero attached hydrogens (tertiary/aromatic N) is 1. The smallest absolute Gasteiger partial charge is 0.0547 e. The van der Waals surface area contributed by atoms with Gasteiger partial charge in [-0.2, -0.15) is 0 Å². The first kappa shape index (κ1) is 28.6. The van der Waals surface area contributed by atoms with Crippen molar-refractivity contribution in [3.63, 3.8) is 0 Å². The molecule has 9 aromatic rings. The van der Waals surface area contributed by atoms with E-state index in [0.29, 0.717) is 0 Å². The first-order valence-corrected chi connectivity index (χ1v) is 17.4. The zero-order chi connectivity index (χ0) is 33.0. The van der Waals surface area contributed by atoms with E-state index in [2.05, 4.69) is 199 Å². The summed E-state index contributed by atoms with van der Waals surface area (Å²) in [6.45, 7) is 0. The van der Waals surface area contributed by atoms with Crippen molar-refractivity contribution in [1.82, 2.24) is 4.57 Å². The maximum Gasteiger partial charge on any atom is 0.0547 e.